The summed E-state index contributed by atoms with van der Waals surface area (Å²) in [5, 5.41) is 10.6. The Labute approximate surface area is 152 Å². The van der Waals surface area contributed by atoms with Crippen molar-refractivity contribution in [2.45, 2.75) is 5.92 Å². The van der Waals surface area contributed by atoms with Crippen molar-refractivity contribution in [3.63, 3.8) is 0 Å². The molecule has 1 atom stereocenters. The topological polar surface area (TPSA) is 63.0 Å². The van der Waals surface area contributed by atoms with Crippen LogP contribution in [-0.4, -0.2) is 17.4 Å². The number of Topliss-reactive ketones (excluding diaryl/α,β-unsaturated/α-hetero) is 1. The second-order valence-electron chi connectivity index (χ2n) is 5.59. The van der Waals surface area contributed by atoms with Crippen molar-refractivity contribution in [2.75, 3.05) is 6.61 Å². The van der Waals surface area contributed by atoms with Gasteiger partial charge in [0.15, 0.2) is 11.7 Å². The van der Waals surface area contributed by atoms with E-state index in [4.69, 9.17) is 16.3 Å². The van der Waals surface area contributed by atoms with Gasteiger partial charge in [0.25, 0.3) is 0 Å². The maximum Gasteiger partial charge on any atom is 0.186 e. The molecule has 122 valence electrons. The summed E-state index contributed by atoms with van der Waals surface area (Å²) in [5.41, 5.74) is 2.01. The van der Waals surface area contributed by atoms with Crippen LogP contribution in [0.4, 0.5) is 0 Å². The van der Waals surface area contributed by atoms with Gasteiger partial charge in [-0.25, -0.2) is 4.98 Å². The largest absolute Gasteiger partial charge is 0.488 e. The highest BCUT2D eigenvalue weighted by Gasteiger charge is 2.29. The summed E-state index contributed by atoms with van der Waals surface area (Å²) in [7, 11) is 0. The molecule has 0 fully saturated rings. The van der Waals surface area contributed by atoms with Gasteiger partial charge in [-0.2, -0.15) is 5.26 Å². The smallest absolute Gasteiger partial charge is 0.186 e. The average molecular weight is 367 g/mol. The summed E-state index contributed by atoms with van der Waals surface area (Å²) in [4.78, 5) is 17.3. The van der Waals surface area contributed by atoms with Crippen molar-refractivity contribution in [1.82, 2.24) is 4.98 Å². The number of carbonyl (C=O) groups is 1. The van der Waals surface area contributed by atoms with Crippen LogP contribution in [0, 0.1) is 11.3 Å². The van der Waals surface area contributed by atoms with Crippen molar-refractivity contribution >= 4 is 45.0 Å². The molecule has 25 heavy (non-hydrogen) atoms. The molecule has 4 rings (SSSR count). The Morgan fingerprint density at radius 1 is 1.32 bits per heavy atom. The highest BCUT2D eigenvalue weighted by atomic mass is 35.5. The van der Waals surface area contributed by atoms with Crippen molar-refractivity contribution in [2.24, 2.45) is 0 Å². The van der Waals surface area contributed by atoms with Crippen LogP contribution in [-0.2, 0) is 4.79 Å². The molecule has 1 aliphatic heterocycles. The number of hydrogen-bond donors (Lipinski definition) is 0. The molecule has 0 saturated heterocycles. The molecule has 0 radical (unpaired) electrons. The fourth-order valence-corrected chi connectivity index (χ4v) is 3.87. The predicted octanol–water partition coefficient (Wildman–Crippen LogP) is 4.60. The predicted molar refractivity (Wildman–Crippen MR) is 97.9 cm³/mol. The van der Waals surface area contributed by atoms with Gasteiger partial charge in [-0.15, -0.1) is 11.3 Å². The number of nitrogens with zero attached hydrogens (tertiary/aromatic N) is 2. The van der Waals surface area contributed by atoms with Gasteiger partial charge in [-0.05, 0) is 30.3 Å². The Morgan fingerprint density at radius 3 is 3.00 bits per heavy atom. The van der Waals surface area contributed by atoms with Crippen LogP contribution in [0.5, 0.6) is 5.75 Å². The molecule has 0 spiro atoms. The van der Waals surface area contributed by atoms with Gasteiger partial charge in [0.2, 0.25) is 0 Å². The fraction of sp³-hybridized carbons (Fsp3) is 0.105. The number of carbonyl (C=O) groups excluding carboxylic acids is 1. The summed E-state index contributed by atoms with van der Waals surface area (Å²) in [6, 6.07) is 14.9. The van der Waals surface area contributed by atoms with E-state index >= 15 is 0 Å². The standard InChI is InChI=1S/C19H11ClN2O2S/c20-13-5-6-17-15(8-13)22-19(25-17)14(9-21)18(23)12-7-11-3-1-2-4-16(11)24-10-12/h1-8,14H,10H2/t14-/m0/s1. The Kier molecular flexibility index (Phi) is 4.00. The van der Waals surface area contributed by atoms with E-state index in [1.54, 1.807) is 18.2 Å². The number of fused-ring (bicyclic) bond motifs is 2. The quantitative estimate of drug-likeness (QED) is 0.679. The van der Waals surface area contributed by atoms with E-state index in [9.17, 15) is 10.1 Å². The zero-order chi connectivity index (χ0) is 17.4. The lowest BCUT2D eigenvalue weighted by Crippen LogP contribution is -2.20. The van der Waals surface area contributed by atoms with Crippen molar-refractivity contribution in [3.05, 3.63) is 63.6 Å². The molecule has 0 N–H and O–H groups in total. The molecule has 0 aliphatic carbocycles. The number of thiazole rings is 1. The molecule has 0 bridgehead atoms. The molecule has 2 heterocycles. The number of ether oxygens (including phenoxy) is 1. The summed E-state index contributed by atoms with van der Waals surface area (Å²) >= 11 is 7.32. The number of nitriles is 1. The third-order valence-corrected chi connectivity index (χ3v) is 5.29. The maximum atomic E-state index is 12.9. The van der Waals surface area contributed by atoms with Crippen molar-refractivity contribution in [3.8, 4) is 11.8 Å². The Morgan fingerprint density at radius 2 is 2.16 bits per heavy atom. The maximum absolute atomic E-state index is 12.9. The summed E-state index contributed by atoms with van der Waals surface area (Å²) in [5.74, 6) is -0.486. The van der Waals surface area contributed by atoms with Gasteiger partial charge in [-0.3, -0.25) is 4.79 Å². The highest BCUT2D eigenvalue weighted by Crippen LogP contribution is 2.33. The highest BCUT2D eigenvalue weighted by molar-refractivity contribution is 7.18. The Bertz CT molecular complexity index is 1060. The van der Waals surface area contributed by atoms with E-state index < -0.39 is 5.92 Å². The molecule has 0 amide bonds. The molecule has 0 unspecified atom stereocenters. The Hall–Kier alpha value is -2.68. The second kappa shape index (κ2) is 6.32. The van der Waals surface area contributed by atoms with Crippen molar-refractivity contribution < 1.29 is 9.53 Å². The number of para-hydroxylation sites is 1. The third kappa shape index (κ3) is 2.91. The summed E-state index contributed by atoms with van der Waals surface area (Å²) in [6.45, 7) is 0.157. The first-order valence-electron chi connectivity index (χ1n) is 7.58. The number of halogens is 1. The zero-order valence-electron chi connectivity index (χ0n) is 12.9. The lowest BCUT2D eigenvalue weighted by molar-refractivity contribution is -0.116. The van der Waals surface area contributed by atoms with E-state index in [1.807, 2.05) is 30.3 Å². The van der Waals surface area contributed by atoms with Gasteiger partial charge in [-0.1, -0.05) is 29.8 Å². The first-order chi connectivity index (χ1) is 12.2. The molecule has 1 aromatic heterocycles. The number of ketones is 1. The van der Waals surface area contributed by atoms with Crippen LogP contribution >= 0.6 is 22.9 Å². The fourth-order valence-electron chi connectivity index (χ4n) is 2.71. The second-order valence-corrected chi connectivity index (χ2v) is 7.09. The van der Waals surface area contributed by atoms with Gasteiger partial charge in [0, 0.05) is 16.2 Å². The first-order valence-corrected chi connectivity index (χ1v) is 8.77. The van der Waals surface area contributed by atoms with E-state index in [0.717, 1.165) is 16.0 Å². The number of aromatic nitrogens is 1. The zero-order valence-corrected chi connectivity index (χ0v) is 14.5. The van der Waals surface area contributed by atoms with Gasteiger partial charge in [0.1, 0.15) is 17.4 Å². The normalized spacial score (nSPS) is 14.2. The van der Waals surface area contributed by atoms with E-state index in [-0.39, 0.29) is 12.4 Å². The molecule has 0 saturated carbocycles. The molecule has 4 nitrogen and oxygen atoms in total. The van der Waals surface area contributed by atoms with Crippen LogP contribution in [0.25, 0.3) is 16.3 Å². The number of benzene rings is 2. The minimum Gasteiger partial charge on any atom is -0.488 e. The Balaban J connectivity index is 1.70. The number of rotatable bonds is 3. The van der Waals surface area contributed by atoms with Gasteiger partial charge in [0.05, 0.1) is 16.3 Å². The van der Waals surface area contributed by atoms with Crippen LogP contribution in [0.1, 0.15) is 16.5 Å². The molecule has 2 aromatic carbocycles. The molecule has 6 heteroatoms. The van der Waals surface area contributed by atoms with Crippen LogP contribution in [0.15, 0.2) is 48.0 Å². The van der Waals surface area contributed by atoms with Crippen molar-refractivity contribution in [1.29, 1.82) is 5.26 Å². The van der Waals surface area contributed by atoms with Crippen LogP contribution in [0.2, 0.25) is 5.02 Å². The average Bonchev–Trinajstić information content (AvgIpc) is 3.04. The monoisotopic (exact) mass is 366 g/mol. The van der Waals surface area contributed by atoms with E-state index in [1.165, 1.54) is 11.3 Å². The first kappa shape index (κ1) is 15.8. The molecular weight excluding hydrogens is 356 g/mol. The minimum atomic E-state index is -0.948. The third-order valence-electron chi connectivity index (χ3n) is 3.95. The summed E-state index contributed by atoms with van der Waals surface area (Å²) < 4.78 is 6.52. The molecular formula is C19H11ClN2O2S. The van der Waals surface area contributed by atoms with E-state index in [0.29, 0.717) is 21.1 Å². The van der Waals surface area contributed by atoms with Crippen LogP contribution in [0.3, 0.4) is 0 Å². The SMILES string of the molecule is N#C[C@@H](C(=O)C1=Cc2ccccc2OC1)c1nc2cc(Cl)ccc2s1. The molecule has 3 aromatic rings. The van der Waals surface area contributed by atoms with E-state index in [2.05, 4.69) is 11.1 Å². The lowest BCUT2D eigenvalue weighted by atomic mass is 9.96. The van der Waals surface area contributed by atoms with Crippen LogP contribution < -0.4 is 4.74 Å². The lowest BCUT2D eigenvalue weighted by Gasteiger charge is -2.18. The molecule has 1 aliphatic rings. The van der Waals surface area contributed by atoms with Gasteiger partial charge < -0.3 is 4.74 Å². The number of hydrogen-bond acceptors (Lipinski definition) is 5. The minimum absolute atomic E-state index is 0.157. The van der Waals surface area contributed by atoms with Gasteiger partial charge >= 0.3 is 0 Å². The summed E-state index contributed by atoms with van der Waals surface area (Å²) in [6.07, 6.45) is 1.79.